The molecule has 7 nitrogen and oxygen atoms in total. The predicted molar refractivity (Wildman–Crippen MR) is 131 cm³/mol. The lowest BCUT2D eigenvalue weighted by Crippen LogP contribution is -2.32. The van der Waals surface area contributed by atoms with Gasteiger partial charge in [0, 0.05) is 29.7 Å². The van der Waals surface area contributed by atoms with Gasteiger partial charge in [0.2, 0.25) is 5.91 Å². The third-order valence-electron chi connectivity index (χ3n) is 5.54. The van der Waals surface area contributed by atoms with Gasteiger partial charge in [-0.3, -0.25) is 4.79 Å². The van der Waals surface area contributed by atoms with Crippen LogP contribution in [0.1, 0.15) is 41.1 Å². The molecule has 0 saturated carbocycles. The highest BCUT2D eigenvalue weighted by atomic mass is 35.5. The summed E-state index contributed by atoms with van der Waals surface area (Å²) in [7, 11) is 0. The van der Waals surface area contributed by atoms with Crippen molar-refractivity contribution in [1.29, 1.82) is 0 Å². The second kappa shape index (κ2) is 12.6. The summed E-state index contributed by atoms with van der Waals surface area (Å²) in [6, 6.07) is 15.0. The Labute approximate surface area is 208 Å². The van der Waals surface area contributed by atoms with Crippen LogP contribution in [0, 0.1) is 5.82 Å². The number of halogens is 2. The van der Waals surface area contributed by atoms with Gasteiger partial charge in [-0.1, -0.05) is 41.9 Å². The number of aliphatic hydroxyl groups excluding tert-OH is 2. The van der Waals surface area contributed by atoms with Gasteiger partial charge in [-0.05, 0) is 48.7 Å². The van der Waals surface area contributed by atoms with E-state index in [1.165, 1.54) is 24.3 Å². The van der Waals surface area contributed by atoms with E-state index in [1.807, 2.05) is 31.2 Å². The first-order valence-electron chi connectivity index (χ1n) is 11.2. The first-order valence-corrected chi connectivity index (χ1v) is 11.6. The molecule has 0 spiro atoms. The van der Waals surface area contributed by atoms with Crippen molar-refractivity contribution in [2.45, 2.75) is 45.1 Å². The molecular formula is C26H29ClFN3O4. The van der Waals surface area contributed by atoms with Gasteiger partial charge < -0.3 is 26.0 Å². The number of nitrogens with zero attached hydrogens (tertiary/aromatic N) is 1. The van der Waals surface area contributed by atoms with E-state index in [1.54, 1.807) is 6.07 Å². The molecule has 1 heterocycles. The smallest absolute Gasteiger partial charge is 0.224 e. The summed E-state index contributed by atoms with van der Waals surface area (Å²) in [6.07, 6.45) is -0.0840. The van der Waals surface area contributed by atoms with Crippen LogP contribution in [0.3, 0.4) is 0 Å². The maximum Gasteiger partial charge on any atom is 0.224 e. The van der Waals surface area contributed by atoms with Crippen molar-refractivity contribution in [2.24, 2.45) is 0 Å². The summed E-state index contributed by atoms with van der Waals surface area (Å²) in [6.45, 7) is 1.82. The number of aliphatic hydroxyl groups is 2. The zero-order valence-corrected chi connectivity index (χ0v) is 20.1. The van der Waals surface area contributed by atoms with E-state index in [4.69, 9.17) is 11.6 Å². The lowest BCUT2D eigenvalue weighted by molar-refractivity contribution is -0.120. The Morgan fingerprint density at radius 1 is 1.14 bits per heavy atom. The van der Waals surface area contributed by atoms with Crippen LogP contribution in [-0.4, -0.2) is 38.8 Å². The highest BCUT2D eigenvalue weighted by molar-refractivity contribution is 6.31. The van der Waals surface area contributed by atoms with Crippen LogP contribution in [0.2, 0.25) is 5.02 Å². The molecule has 0 bridgehead atoms. The molecule has 0 saturated heterocycles. The molecule has 2 aromatic carbocycles. The highest BCUT2D eigenvalue weighted by Crippen LogP contribution is 2.20. The molecule has 0 aliphatic rings. The maximum atomic E-state index is 13.9. The van der Waals surface area contributed by atoms with E-state index < -0.39 is 18.5 Å². The number of carbonyl (C=O) groups is 1. The van der Waals surface area contributed by atoms with Crippen LogP contribution in [0.15, 0.2) is 54.6 Å². The Hall–Kier alpha value is -3.04. The Morgan fingerprint density at radius 2 is 1.89 bits per heavy atom. The third kappa shape index (κ3) is 7.73. The summed E-state index contributed by atoms with van der Waals surface area (Å²) in [4.78, 5) is 16.4. The van der Waals surface area contributed by atoms with E-state index >= 15 is 0 Å². The molecule has 1 unspecified atom stereocenters. The number of nitrogens with one attached hydrogen (secondary N) is 2. The molecule has 1 amide bonds. The minimum atomic E-state index is -0.902. The van der Waals surface area contributed by atoms with Crippen LogP contribution in [-0.2, 0) is 30.8 Å². The molecule has 9 heteroatoms. The Kier molecular flexibility index (Phi) is 9.56. The average Bonchev–Trinajstić information content (AvgIpc) is 2.82. The van der Waals surface area contributed by atoms with Crippen LogP contribution < -0.4 is 10.6 Å². The van der Waals surface area contributed by atoms with Crippen molar-refractivity contribution in [1.82, 2.24) is 15.6 Å². The number of pyridine rings is 1. The lowest BCUT2D eigenvalue weighted by Gasteiger charge is -2.18. The molecule has 186 valence electrons. The van der Waals surface area contributed by atoms with Gasteiger partial charge in [-0.25, -0.2) is 9.37 Å². The zero-order valence-electron chi connectivity index (χ0n) is 19.3. The van der Waals surface area contributed by atoms with E-state index in [0.29, 0.717) is 12.1 Å². The molecule has 1 aromatic heterocycles. The summed E-state index contributed by atoms with van der Waals surface area (Å²) in [5, 5.41) is 35.5. The van der Waals surface area contributed by atoms with Gasteiger partial charge in [0.1, 0.15) is 23.4 Å². The molecule has 3 rings (SSSR count). The number of aromatic hydroxyl groups is 1. The number of hydrogen-bond acceptors (Lipinski definition) is 6. The van der Waals surface area contributed by atoms with Gasteiger partial charge in [-0.15, -0.1) is 0 Å². The van der Waals surface area contributed by atoms with Crippen molar-refractivity contribution in [3.8, 4) is 5.75 Å². The van der Waals surface area contributed by atoms with Crippen molar-refractivity contribution in [2.75, 3.05) is 6.54 Å². The number of carbonyl (C=O) groups excluding carboxylic acids is 1. The predicted octanol–water partition coefficient (Wildman–Crippen LogP) is 3.19. The summed E-state index contributed by atoms with van der Waals surface area (Å²) in [5.41, 5.74) is 2.58. The third-order valence-corrected chi connectivity index (χ3v) is 5.90. The van der Waals surface area contributed by atoms with Crippen LogP contribution in [0.4, 0.5) is 4.39 Å². The fourth-order valence-corrected chi connectivity index (χ4v) is 3.89. The lowest BCUT2D eigenvalue weighted by atomic mass is 10.0. The largest absolute Gasteiger partial charge is 0.506 e. The molecule has 0 aliphatic heterocycles. The SMILES string of the molecule is C[C@H](Cc1cccc(CC(=O)NCc2c(F)cccc2Cl)c1)NCC(O)c1ccc(O)c(CO)n1. The highest BCUT2D eigenvalue weighted by Gasteiger charge is 2.14. The number of aromatic nitrogens is 1. The minimum Gasteiger partial charge on any atom is -0.506 e. The van der Waals surface area contributed by atoms with E-state index in [-0.39, 0.29) is 53.5 Å². The van der Waals surface area contributed by atoms with E-state index in [0.717, 1.165) is 11.1 Å². The van der Waals surface area contributed by atoms with Crippen LogP contribution >= 0.6 is 11.6 Å². The van der Waals surface area contributed by atoms with Gasteiger partial charge in [-0.2, -0.15) is 0 Å². The summed E-state index contributed by atoms with van der Waals surface area (Å²) in [5.74, 6) is -0.810. The summed E-state index contributed by atoms with van der Waals surface area (Å²) < 4.78 is 13.9. The standard InChI is InChI=1S/C26H29ClFN3O4/c1-16(29-14-25(34)22-8-9-24(33)23(15-32)31-22)10-17-4-2-5-18(11-17)12-26(35)30-13-19-20(27)6-3-7-21(19)28/h2-9,11,16,25,29,32-34H,10,12-15H2,1H3,(H,30,35)/t16-,25?/m1/s1. The number of hydrogen-bond donors (Lipinski definition) is 5. The van der Waals surface area contributed by atoms with Gasteiger partial charge in [0.15, 0.2) is 0 Å². The molecule has 5 N–H and O–H groups in total. The summed E-state index contributed by atoms with van der Waals surface area (Å²) >= 11 is 6.01. The van der Waals surface area contributed by atoms with Crippen molar-refractivity contribution < 1.29 is 24.5 Å². The van der Waals surface area contributed by atoms with Gasteiger partial charge in [0.05, 0.1) is 18.7 Å². The molecule has 0 radical (unpaired) electrons. The van der Waals surface area contributed by atoms with Crippen molar-refractivity contribution in [3.63, 3.8) is 0 Å². The van der Waals surface area contributed by atoms with Gasteiger partial charge in [0.25, 0.3) is 0 Å². The Balaban J connectivity index is 1.49. The van der Waals surface area contributed by atoms with Crippen LogP contribution in [0.25, 0.3) is 0 Å². The average molecular weight is 502 g/mol. The first kappa shape index (κ1) is 26.6. The molecule has 2 atom stereocenters. The van der Waals surface area contributed by atoms with E-state index in [2.05, 4.69) is 15.6 Å². The normalized spacial score (nSPS) is 12.8. The number of rotatable bonds is 11. The molecule has 0 aliphatic carbocycles. The second-order valence-electron chi connectivity index (χ2n) is 8.36. The van der Waals surface area contributed by atoms with E-state index in [9.17, 15) is 24.5 Å². The second-order valence-corrected chi connectivity index (χ2v) is 8.77. The van der Waals surface area contributed by atoms with Crippen molar-refractivity contribution >= 4 is 17.5 Å². The van der Waals surface area contributed by atoms with Crippen LogP contribution in [0.5, 0.6) is 5.75 Å². The quantitative estimate of drug-likeness (QED) is 0.276. The Morgan fingerprint density at radius 3 is 2.63 bits per heavy atom. The maximum absolute atomic E-state index is 13.9. The molecular weight excluding hydrogens is 473 g/mol. The molecule has 35 heavy (non-hydrogen) atoms. The minimum absolute atomic E-state index is 0.0169. The topological polar surface area (TPSA) is 115 Å². The monoisotopic (exact) mass is 501 g/mol. The van der Waals surface area contributed by atoms with Gasteiger partial charge >= 0.3 is 0 Å². The molecule has 0 fully saturated rings. The molecule has 3 aromatic rings. The number of benzene rings is 2. The fraction of sp³-hybridized carbons (Fsp3) is 0.308. The Bertz CT molecular complexity index is 1140. The van der Waals surface area contributed by atoms with Crippen molar-refractivity contribution in [3.05, 3.63) is 93.5 Å². The zero-order chi connectivity index (χ0) is 25.4. The first-order chi connectivity index (χ1) is 16.8. The fourth-order valence-electron chi connectivity index (χ4n) is 3.66. The number of amides is 1.